The van der Waals surface area contributed by atoms with Gasteiger partial charge in [-0.05, 0) is 43.9 Å². The van der Waals surface area contributed by atoms with E-state index in [2.05, 4.69) is 5.32 Å². The van der Waals surface area contributed by atoms with Crippen molar-refractivity contribution in [2.75, 3.05) is 13.1 Å². The second-order valence-electron chi connectivity index (χ2n) is 6.77. The van der Waals surface area contributed by atoms with E-state index in [1.807, 2.05) is 0 Å². The average molecular weight is 405 g/mol. The second-order valence-corrected chi connectivity index (χ2v) is 9.52. The third-order valence-electron chi connectivity index (χ3n) is 4.97. The first kappa shape index (κ1) is 19.0. The summed E-state index contributed by atoms with van der Waals surface area (Å²) in [7, 11) is -3.77. The summed E-state index contributed by atoms with van der Waals surface area (Å²) in [5.41, 5.74) is 0. The zero-order valence-electron chi connectivity index (χ0n) is 13.9. The first-order chi connectivity index (χ1) is 11.9. The van der Waals surface area contributed by atoms with Crippen LogP contribution in [0.5, 0.6) is 0 Å². The van der Waals surface area contributed by atoms with Crippen molar-refractivity contribution in [1.82, 2.24) is 9.62 Å². The molecule has 1 aliphatic heterocycles. The van der Waals surface area contributed by atoms with Gasteiger partial charge in [0.25, 0.3) is 0 Å². The Hall–Kier alpha value is -0.820. The maximum atomic E-state index is 12.9. The summed E-state index contributed by atoms with van der Waals surface area (Å²) in [6.45, 7) is 0.572. The first-order valence-electron chi connectivity index (χ1n) is 8.63. The van der Waals surface area contributed by atoms with E-state index in [4.69, 9.17) is 23.2 Å². The molecule has 1 atom stereocenters. The Morgan fingerprint density at radius 3 is 2.56 bits per heavy atom. The molecule has 1 N–H and O–H groups in total. The minimum Gasteiger partial charge on any atom is -0.353 e. The molecule has 2 aliphatic rings. The number of hydrogen-bond donors (Lipinski definition) is 1. The normalized spacial score (nSPS) is 22.9. The van der Waals surface area contributed by atoms with E-state index in [0.29, 0.717) is 24.4 Å². The lowest BCUT2D eigenvalue weighted by Crippen LogP contribution is -2.47. The molecule has 0 aromatic heterocycles. The van der Waals surface area contributed by atoms with E-state index >= 15 is 0 Å². The van der Waals surface area contributed by atoms with Crippen LogP contribution in [0.25, 0.3) is 0 Å². The molecular weight excluding hydrogens is 383 g/mol. The number of halogens is 2. The van der Waals surface area contributed by atoms with Gasteiger partial charge in [-0.25, -0.2) is 8.42 Å². The minimum absolute atomic E-state index is 0.00137. The van der Waals surface area contributed by atoms with E-state index in [0.717, 1.165) is 25.7 Å². The molecule has 138 valence electrons. The van der Waals surface area contributed by atoms with Gasteiger partial charge in [-0.2, -0.15) is 4.31 Å². The average Bonchev–Trinajstić information content (AvgIpc) is 3.10. The van der Waals surface area contributed by atoms with Crippen molar-refractivity contribution in [1.29, 1.82) is 0 Å². The van der Waals surface area contributed by atoms with Crippen molar-refractivity contribution in [3.63, 3.8) is 0 Å². The topological polar surface area (TPSA) is 66.5 Å². The zero-order chi connectivity index (χ0) is 18.0. The van der Waals surface area contributed by atoms with Gasteiger partial charge in [0.1, 0.15) is 4.90 Å². The fraction of sp³-hybridized carbons (Fsp3) is 0.588. The van der Waals surface area contributed by atoms with Crippen molar-refractivity contribution in [2.45, 2.75) is 49.5 Å². The number of hydrogen-bond acceptors (Lipinski definition) is 3. The van der Waals surface area contributed by atoms with Crippen LogP contribution in [0.3, 0.4) is 0 Å². The van der Waals surface area contributed by atoms with Crippen LogP contribution in [-0.2, 0) is 14.8 Å². The van der Waals surface area contributed by atoms with Gasteiger partial charge in [0.2, 0.25) is 15.9 Å². The molecule has 3 rings (SSSR count). The maximum Gasteiger partial charge on any atom is 0.244 e. The molecule has 0 spiro atoms. The van der Waals surface area contributed by atoms with E-state index < -0.39 is 10.0 Å². The minimum atomic E-state index is -3.77. The van der Waals surface area contributed by atoms with Crippen molar-refractivity contribution in [3.8, 4) is 0 Å². The van der Waals surface area contributed by atoms with Crippen molar-refractivity contribution in [2.24, 2.45) is 5.92 Å². The van der Waals surface area contributed by atoms with Crippen molar-refractivity contribution >= 4 is 39.1 Å². The molecule has 5 nitrogen and oxygen atoms in total. The third kappa shape index (κ3) is 4.30. The Morgan fingerprint density at radius 2 is 1.84 bits per heavy atom. The van der Waals surface area contributed by atoms with E-state index in [1.54, 1.807) is 6.07 Å². The number of sulfonamides is 1. The molecule has 1 heterocycles. The van der Waals surface area contributed by atoms with Crippen LogP contribution in [0.1, 0.15) is 38.5 Å². The van der Waals surface area contributed by atoms with E-state index in [9.17, 15) is 13.2 Å². The molecule has 25 heavy (non-hydrogen) atoms. The second kappa shape index (κ2) is 7.82. The highest BCUT2D eigenvalue weighted by molar-refractivity contribution is 7.89. The number of nitrogens with zero attached hydrogens (tertiary/aromatic N) is 1. The van der Waals surface area contributed by atoms with Crippen molar-refractivity contribution in [3.05, 3.63) is 28.2 Å². The number of piperidine rings is 1. The van der Waals surface area contributed by atoms with Gasteiger partial charge in [0.15, 0.2) is 0 Å². The predicted octanol–water partition coefficient (Wildman–Crippen LogP) is 3.45. The van der Waals surface area contributed by atoms with Crippen molar-refractivity contribution < 1.29 is 13.2 Å². The van der Waals surface area contributed by atoms with Crippen LogP contribution in [-0.4, -0.2) is 37.8 Å². The number of carbonyl (C=O) groups excluding carboxylic acids is 1. The van der Waals surface area contributed by atoms with Crippen LogP contribution >= 0.6 is 23.2 Å². The zero-order valence-corrected chi connectivity index (χ0v) is 16.2. The highest BCUT2D eigenvalue weighted by atomic mass is 35.5. The van der Waals surface area contributed by atoms with Gasteiger partial charge in [-0.15, -0.1) is 0 Å². The quantitative estimate of drug-likeness (QED) is 0.835. The molecule has 2 fully saturated rings. The summed E-state index contributed by atoms with van der Waals surface area (Å²) in [6, 6.07) is 4.63. The van der Waals surface area contributed by atoms with E-state index in [1.165, 1.54) is 16.4 Å². The Morgan fingerprint density at radius 1 is 1.12 bits per heavy atom. The van der Waals surface area contributed by atoms with Gasteiger partial charge < -0.3 is 5.32 Å². The number of nitrogens with one attached hydrogen (secondary N) is 1. The Kier molecular flexibility index (Phi) is 5.93. The summed E-state index contributed by atoms with van der Waals surface area (Å²) < 4.78 is 27.2. The Balaban J connectivity index is 1.73. The lowest BCUT2D eigenvalue weighted by atomic mass is 9.98. The molecule has 1 aliphatic carbocycles. The molecule has 0 radical (unpaired) electrons. The van der Waals surface area contributed by atoms with Crippen LogP contribution in [0.15, 0.2) is 23.1 Å². The van der Waals surface area contributed by atoms with Gasteiger partial charge >= 0.3 is 0 Å². The fourth-order valence-electron chi connectivity index (χ4n) is 3.58. The molecule has 1 amide bonds. The Labute approximate surface area is 158 Å². The highest BCUT2D eigenvalue weighted by Gasteiger charge is 2.35. The third-order valence-corrected chi connectivity index (χ3v) is 7.55. The van der Waals surface area contributed by atoms with Crippen LogP contribution < -0.4 is 5.32 Å². The summed E-state index contributed by atoms with van der Waals surface area (Å²) in [6.07, 6.45) is 5.66. The number of carbonyl (C=O) groups is 1. The van der Waals surface area contributed by atoms with Crippen LogP contribution in [0, 0.1) is 5.92 Å². The van der Waals surface area contributed by atoms with E-state index in [-0.39, 0.29) is 34.3 Å². The summed E-state index contributed by atoms with van der Waals surface area (Å²) in [5, 5.41) is 3.53. The standard InChI is InChI=1S/C17H22Cl2N2O3S/c18-13-7-8-15(19)16(10-13)25(23,24)21-9-3-4-12(11-21)17(22)20-14-5-1-2-6-14/h7-8,10,12,14H,1-6,9,11H2,(H,20,22)/t12-/m1/s1. The Bertz CT molecular complexity index is 748. The lowest BCUT2D eigenvalue weighted by molar-refractivity contribution is -0.126. The molecule has 1 aromatic carbocycles. The molecule has 8 heteroatoms. The first-order valence-corrected chi connectivity index (χ1v) is 10.8. The molecular formula is C17H22Cl2N2O3S. The largest absolute Gasteiger partial charge is 0.353 e. The molecule has 0 bridgehead atoms. The highest BCUT2D eigenvalue weighted by Crippen LogP contribution is 2.30. The monoisotopic (exact) mass is 404 g/mol. The van der Waals surface area contributed by atoms with Crippen LogP contribution in [0.4, 0.5) is 0 Å². The van der Waals surface area contributed by atoms with Gasteiger partial charge in [0.05, 0.1) is 10.9 Å². The lowest BCUT2D eigenvalue weighted by Gasteiger charge is -2.32. The molecule has 1 saturated carbocycles. The van der Waals surface area contributed by atoms with Gasteiger partial charge in [0, 0.05) is 24.2 Å². The summed E-state index contributed by atoms with van der Waals surface area (Å²) in [5.74, 6) is -0.355. The maximum absolute atomic E-state index is 12.9. The fourth-order valence-corrected chi connectivity index (χ4v) is 5.84. The number of amides is 1. The number of rotatable bonds is 4. The summed E-state index contributed by atoms with van der Waals surface area (Å²) >= 11 is 12.0. The van der Waals surface area contributed by atoms with Gasteiger partial charge in [-0.1, -0.05) is 36.0 Å². The SMILES string of the molecule is O=C(NC1CCCC1)[C@@H]1CCCN(S(=O)(=O)c2cc(Cl)ccc2Cl)C1. The van der Waals surface area contributed by atoms with Gasteiger partial charge in [-0.3, -0.25) is 4.79 Å². The smallest absolute Gasteiger partial charge is 0.244 e. The van der Waals surface area contributed by atoms with Crippen LogP contribution in [0.2, 0.25) is 10.0 Å². The number of benzene rings is 1. The molecule has 0 unspecified atom stereocenters. The summed E-state index contributed by atoms with van der Waals surface area (Å²) in [4.78, 5) is 12.5. The molecule has 1 aromatic rings. The predicted molar refractivity (Wildman–Crippen MR) is 98.3 cm³/mol. The molecule has 1 saturated heterocycles.